The summed E-state index contributed by atoms with van der Waals surface area (Å²) in [6.07, 6.45) is 1.49. The average molecular weight is 511 g/mol. The molecular weight excluding hydrogens is 488 g/mol. The summed E-state index contributed by atoms with van der Waals surface area (Å²) in [6, 6.07) is 12.0. The number of halogens is 1. The van der Waals surface area contributed by atoms with E-state index in [4.69, 9.17) is 25.8 Å². The largest absolute Gasteiger partial charge is 0.486 e. The quantitative estimate of drug-likeness (QED) is 0.501. The molecule has 0 fully saturated rings. The van der Waals surface area contributed by atoms with Crippen molar-refractivity contribution in [3.8, 4) is 11.5 Å². The Kier molecular flexibility index (Phi) is 6.25. The number of carbonyl (C=O) groups is 1. The second kappa shape index (κ2) is 9.36. The first-order valence-corrected chi connectivity index (χ1v) is 12.4. The minimum absolute atomic E-state index is 0.245. The Morgan fingerprint density at radius 3 is 2.60 bits per heavy atom. The van der Waals surface area contributed by atoms with Crippen molar-refractivity contribution < 1.29 is 19.0 Å². The van der Waals surface area contributed by atoms with E-state index in [2.05, 4.69) is 4.99 Å². The molecule has 3 aromatic rings. The number of rotatable bonds is 4. The number of allylic oxidation sites excluding steroid dienone is 1. The summed E-state index contributed by atoms with van der Waals surface area (Å²) >= 11 is 7.38. The Balaban J connectivity index is 1.67. The molecule has 0 bridgehead atoms. The van der Waals surface area contributed by atoms with Crippen LogP contribution in [0.1, 0.15) is 37.9 Å². The molecule has 1 atom stereocenters. The fourth-order valence-corrected chi connectivity index (χ4v) is 5.29. The molecule has 2 aliphatic heterocycles. The van der Waals surface area contributed by atoms with Gasteiger partial charge < -0.3 is 14.2 Å². The van der Waals surface area contributed by atoms with Gasteiger partial charge in [-0.15, -0.1) is 0 Å². The van der Waals surface area contributed by atoms with Crippen molar-refractivity contribution >= 4 is 35.0 Å². The Morgan fingerprint density at radius 2 is 1.89 bits per heavy atom. The van der Waals surface area contributed by atoms with Gasteiger partial charge >= 0.3 is 5.97 Å². The second-order valence-corrected chi connectivity index (χ2v) is 9.94. The number of fused-ring (bicyclic) bond motifs is 2. The van der Waals surface area contributed by atoms with Gasteiger partial charge in [-0.3, -0.25) is 9.36 Å². The van der Waals surface area contributed by atoms with Gasteiger partial charge in [0.25, 0.3) is 5.56 Å². The topological polar surface area (TPSA) is 79.1 Å². The van der Waals surface area contributed by atoms with Crippen molar-refractivity contribution in [1.29, 1.82) is 0 Å². The summed E-state index contributed by atoms with van der Waals surface area (Å²) in [6.45, 7) is 6.32. The smallest absolute Gasteiger partial charge is 0.338 e. The van der Waals surface area contributed by atoms with E-state index < -0.39 is 12.0 Å². The molecule has 1 aromatic heterocycles. The first-order chi connectivity index (χ1) is 16.8. The van der Waals surface area contributed by atoms with Gasteiger partial charge in [0.05, 0.1) is 27.9 Å². The molecule has 9 heteroatoms. The molecule has 0 saturated carbocycles. The van der Waals surface area contributed by atoms with Gasteiger partial charge in [0, 0.05) is 5.02 Å². The summed E-state index contributed by atoms with van der Waals surface area (Å²) in [4.78, 5) is 31.9. The molecule has 2 aliphatic rings. The van der Waals surface area contributed by atoms with Crippen molar-refractivity contribution in [2.45, 2.75) is 32.9 Å². The van der Waals surface area contributed by atoms with E-state index in [9.17, 15) is 9.59 Å². The normalized spacial score (nSPS) is 17.3. The van der Waals surface area contributed by atoms with Crippen LogP contribution in [-0.4, -0.2) is 29.9 Å². The molecule has 5 rings (SSSR count). The zero-order chi connectivity index (χ0) is 24.7. The Morgan fingerprint density at radius 1 is 1.17 bits per heavy atom. The predicted molar refractivity (Wildman–Crippen MR) is 134 cm³/mol. The number of hydrogen-bond donors (Lipinski definition) is 0. The summed E-state index contributed by atoms with van der Waals surface area (Å²) in [5, 5.41) is 0.562. The average Bonchev–Trinajstić information content (AvgIpc) is 3.12. The maximum absolute atomic E-state index is 13.7. The van der Waals surface area contributed by atoms with Gasteiger partial charge in [0.2, 0.25) is 0 Å². The van der Waals surface area contributed by atoms with Crippen LogP contribution < -0.4 is 24.4 Å². The molecule has 0 amide bonds. The monoisotopic (exact) mass is 510 g/mol. The highest BCUT2D eigenvalue weighted by molar-refractivity contribution is 7.07. The molecule has 2 aromatic carbocycles. The highest BCUT2D eigenvalue weighted by Gasteiger charge is 2.33. The summed E-state index contributed by atoms with van der Waals surface area (Å²) in [5.41, 5.74) is 2.15. The lowest BCUT2D eigenvalue weighted by Crippen LogP contribution is -2.40. The number of thiazole rings is 1. The maximum Gasteiger partial charge on any atom is 0.338 e. The van der Waals surface area contributed by atoms with E-state index >= 15 is 0 Å². The van der Waals surface area contributed by atoms with E-state index in [1.807, 2.05) is 30.3 Å². The summed E-state index contributed by atoms with van der Waals surface area (Å²) < 4.78 is 18.8. The van der Waals surface area contributed by atoms with Gasteiger partial charge in [-0.05, 0) is 62.2 Å². The molecule has 0 unspecified atom stereocenters. The van der Waals surface area contributed by atoms with Crippen LogP contribution >= 0.6 is 22.9 Å². The third-order valence-electron chi connectivity index (χ3n) is 5.63. The predicted octanol–water partition coefficient (Wildman–Crippen LogP) is 3.61. The van der Waals surface area contributed by atoms with Crippen LogP contribution in [0.3, 0.4) is 0 Å². The van der Waals surface area contributed by atoms with Crippen LogP contribution in [0, 0.1) is 0 Å². The van der Waals surface area contributed by atoms with E-state index in [-0.39, 0.29) is 11.7 Å². The molecule has 0 aliphatic carbocycles. The fourth-order valence-electron chi connectivity index (χ4n) is 4.12. The number of ether oxygens (including phenoxy) is 3. The molecule has 0 saturated heterocycles. The standard InChI is InChI=1S/C26H23ClN2O5S/c1-14(2)34-25(31)22-15(3)28-26-29(23(22)17-5-7-18(27)8-6-17)24(30)21(35-26)13-16-4-9-19-20(12-16)33-11-10-32-19/h4-9,12-14,23H,10-11H2,1-3H3/t23-/m1/s1. The lowest BCUT2D eigenvalue weighted by molar-refractivity contribution is -0.143. The lowest BCUT2D eigenvalue weighted by Gasteiger charge is -2.25. The second-order valence-electron chi connectivity index (χ2n) is 8.49. The number of hydrogen-bond acceptors (Lipinski definition) is 7. The van der Waals surface area contributed by atoms with Crippen LogP contribution in [-0.2, 0) is 9.53 Å². The van der Waals surface area contributed by atoms with Crippen molar-refractivity contribution in [3.05, 3.63) is 89.6 Å². The van der Waals surface area contributed by atoms with E-state index in [1.54, 1.807) is 43.5 Å². The third-order valence-corrected chi connectivity index (χ3v) is 6.87. The van der Waals surface area contributed by atoms with Crippen LogP contribution in [0.25, 0.3) is 6.08 Å². The van der Waals surface area contributed by atoms with Crippen LogP contribution in [0.4, 0.5) is 0 Å². The SMILES string of the molecule is CC1=C(C(=O)OC(C)C)[C@@H](c2ccc(Cl)cc2)n2c(sc(=Cc3ccc4c(c3)OCCO4)c2=O)=N1. The number of benzene rings is 2. The highest BCUT2D eigenvalue weighted by atomic mass is 35.5. The van der Waals surface area contributed by atoms with E-state index in [1.165, 1.54) is 11.3 Å². The molecule has 35 heavy (non-hydrogen) atoms. The van der Waals surface area contributed by atoms with Gasteiger partial charge in [-0.2, -0.15) is 0 Å². The minimum Gasteiger partial charge on any atom is -0.486 e. The molecule has 3 heterocycles. The van der Waals surface area contributed by atoms with Crippen molar-refractivity contribution in [1.82, 2.24) is 4.57 Å². The molecule has 0 spiro atoms. The first kappa shape index (κ1) is 23.4. The van der Waals surface area contributed by atoms with Crippen LogP contribution in [0.15, 0.2) is 63.5 Å². The van der Waals surface area contributed by atoms with E-state index in [0.29, 0.717) is 50.3 Å². The Bertz CT molecular complexity index is 1520. The van der Waals surface area contributed by atoms with Crippen molar-refractivity contribution in [3.63, 3.8) is 0 Å². The van der Waals surface area contributed by atoms with Crippen LogP contribution in [0.5, 0.6) is 11.5 Å². The van der Waals surface area contributed by atoms with Gasteiger partial charge in [0.15, 0.2) is 16.3 Å². The summed E-state index contributed by atoms with van der Waals surface area (Å²) in [7, 11) is 0. The van der Waals surface area contributed by atoms with Gasteiger partial charge in [0.1, 0.15) is 13.2 Å². The number of esters is 1. The molecule has 180 valence electrons. The summed E-state index contributed by atoms with van der Waals surface area (Å²) in [5.74, 6) is 0.829. The molecule has 7 nitrogen and oxygen atoms in total. The van der Waals surface area contributed by atoms with Gasteiger partial charge in [-0.1, -0.05) is 41.1 Å². The highest BCUT2D eigenvalue weighted by Crippen LogP contribution is 2.32. The molecule has 0 radical (unpaired) electrons. The van der Waals surface area contributed by atoms with Crippen LogP contribution in [0.2, 0.25) is 5.02 Å². The minimum atomic E-state index is -0.683. The Labute approximate surface area is 210 Å². The zero-order valence-corrected chi connectivity index (χ0v) is 21.0. The van der Waals surface area contributed by atoms with Crippen molar-refractivity contribution in [2.24, 2.45) is 4.99 Å². The van der Waals surface area contributed by atoms with E-state index in [0.717, 1.165) is 11.1 Å². The molecular formula is C26H23ClN2O5S. The first-order valence-electron chi connectivity index (χ1n) is 11.2. The van der Waals surface area contributed by atoms with Crippen molar-refractivity contribution in [2.75, 3.05) is 13.2 Å². The Hall–Kier alpha value is -3.36. The zero-order valence-electron chi connectivity index (χ0n) is 19.4. The number of aromatic nitrogens is 1. The number of carbonyl (C=O) groups excluding carboxylic acids is 1. The van der Waals surface area contributed by atoms with Gasteiger partial charge in [-0.25, -0.2) is 9.79 Å². The lowest BCUT2D eigenvalue weighted by atomic mass is 9.96. The fraction of sp³-hybridized carbons (Fsp3) is 0.269. The number of nitrogens with zero attached hydrogens (tertiary/aromatic N) is 2. The third kappa shape index (κ3) is 4.51. The molecule has 0 N–H and O–H groups in total. The maximum atomic E-state index is 13.7.